The van der Waals surface area contributed by atoms with Crippen molar-refractivity contribution in [2.45, 2.75) is 31.9 Å². The highest BCUT2D eigenvalue weighted by Gasteiger charge is 2.23. The minimum Gasteiger partial charge on any atom is -0.392 e. The van der Waals surface area contributed by atoms with Gasteiger partial charge in [0.05, 0.1) is 6.10 Å². The first-order chi connectivity index (χ1) is 9.20. The van der Waals surface area contributed by atoms with E-state index in [0.29, 0.717) is 12.0 Å². The number of likely N-dealkylation sites (tertiary alicyclic amines) is 1. The van der Waals surface area contributed by atoms with Crippen molar-refractivity contribution in [2.75, 3.05) is 26.7 Å². The second kappa shape index (κ2) is 7.04. The van der Waals surface area contributed by atoms with Crippen LogP contribution in [0.25, 0.3) is 0 Å². The maximum Gasteiger partial charge on any atom is 0.0667 e. The maximum absolute atomic E-state index is 9.75. The van der Waals surface area contributed by atoms with Crippen LogP contribution in [0.2, 0.25) is 0 Å². The molecule has 1 aromatic rings. The molecule has 0 aliphatic carbocycles. The molecule has 1 aromatic carbocycles. The summed E-state index contributed by atoms with van der Waals surface area (Å²) in [6.45, 7) is 5.27. The van der Waals surface area contributed by atoms with Crippen LogP contribution in [0.3, 0.4) is 0 Å². The molecule has 1 aliphatic rings. The Balaban J connectivity index is 1.95. The van der Waals surface area contributed by atoms with Crippen molar-refractivity contribution in [1.82, 2.24) is 10.2 Å². The number of aliphatic hydroxyl groups excluding tert-OH is 1. The number of hydrogen-bond donors (Lipinski definition) is 2. The van der Waals surface area contributed by atoms with Gasteiger partial charge in [-0.25, -0.2) is 0 Å². The fourth-order valence-electron chi connectivity index (χ4n) is 3.15. The average molecular weight is 262 g/mol. The van der Waals surface area contributed by atoms with Gasteiger partial charge in [-0.05, 0) is 37.9 Å². The molecule has 1 saturated heterocycles. The lowest BCUT2D eigenvalue weighted by atomic mass is 9.93. The molecule has 106 valence electrons. The van der Waals surface area contributed by atoms with E-state index in [4.69, 9.17) is 0 Å². The summed E-state index contributed by atoms with van der Waals surface area (Å²) in [5, 5.41) is 13.2. The second-order valence-electron chi connectivity index (χ2n) is 5.71. The summed E-state index contributed by atoms with van der Waals surface area (Å²) in [5.41, 5.74) is 1.34. The van der Waals surface area contributed by atoms with Crippen molar-refractivity contribution in [1.29, 1.82) is 0 Å². The molecule has 0 spiro atoms. The largest absolute Gasteiger partial charge is 0.392 e. The van der Waals surface area contributed by atoms with Crippen LogP contribution in [0.4, 0.5) is 0 Å². The van der Waals surface area contributed by atoms with Crippen LogP contribution < -0.4 is 5.32 Å². The molecule has 19 heavy (non-hydrogen) atoms. The standard InChI is InChI=1S/C16H26N2O/c1-13(11-18-10-6-9-15(19)12-18)16(17-2)14-7-4-3-5-8-14/h3-5,7-8,13,15-17,19H,6,9-12H2,1-2H3. The molecule has 1 heterocycles. The van der Waals surface area contributed by atoms with Gasteiger partial charge >= 0.3 is 0 Å². The van der Waals surface area contributed by atoms with Gasteiger partial charge in [0, 0.05) is 19.1 Å². The fourth-order valence-corrected chi connectivity index (χ4v) is 3.15. The molecular weight excluding hydrogens is 236 g/mol. The molecule has 1 aliphatic heterocycles. The highest BCUT2D eigenvalue weighted by molar-refractivity contribution is 5.19. The third-order valence-corrected chi connectivity index (χ3v) is 4.07. The van der Waals surface area contributed by atoms with Crippen LogP contribution in [-0.2, 0) is 0 Å². The van der Waals surface area contributed by atoms with Crippen molar-refractivity contribution in [2.24, 2.45) is 5.92 Å². The van der Waals surface area contributed by atoms with Gasteiger partial charge in [0.1, 0.15) is 0 Å². The zero-order valence-electron chi connectivity index (χ0n) is 12.0. The first-order valence-corrected chi connectivity index (χ1v) is 7.33. The Morgan fingerprint density at radius 3 is 2.74 bits per heavy atom. The Bertz CT molecular complexity index is 368. The third-order valence-electron chi connectivity index (χ3n) is 4.07. The summed E-state index contributed by atoms with van der Waals surface area (Å²) in [6.07, 6.45) is 1.94. The molecule has 0 aromatic heterocycles. The maximum atomic E-state index is 9.75. The summed E-state index contributed by atoms with van der Waals surface area (Å²) in [5.74, 6) is 0.526. The molecule has 3 heteroatoms. The quantitative estimate of drug-likeness (QED) is 0.852. The lowest BCUT2D eigenvalue weighted by molar-refractivity contribution is 0.0601. The lowest BCUT2D eigenvalue weighted by Gasteiger charge is -2.34. The van der Waals surface area contributed by atoms with E-state index in [1.165, 1.54) is 5.56 Å². The monoisotopic (exact) mass is 262 g/mol. The number of piperidine rings is 1. The van der Waals surface area contributed by atoms with Gasteiger partial charge in [-0.2, -0.15) is 0 Å². The fraction of sp³-hybridized carbons (Fsp3) is 0.625. The lowest BCUT2D eigenvalue weighted by Crippen LogP contribution is -2.42. The van der Waals surface area contributed by atoms with Gasteiger partial charge in [-0.1, -0.05) is 37.3 Å². The van der Waals surface area contributed by atoms with Gasteiger partial charge in [-0.3, -0.25) is 0 Å². The van der Waals surface area contributed by atoms with E-state index in [9.17, 15) is 5.11 Å². The Kier molecular flexibility index (Phi) is 5.37. The van der Waals surface area contributed by atoms with E-state index in [0.717, 1.165) is 32.5 Å². The molecule has 0 radical (unpaired) electrons. The summed E-state index contributed by atoms with van der Waals surface area (Å²) in [7, 11) is 2.03. The predicted molar refractivity (Wildman–Crippen MR) is 79.1 cm³/mol. The Morgan fingerprint density at radius 2 is 2.11 bits per heavy atom. The molecule has 1 fully saturated rings. The minimum atomic E-state index is -0.134. The molecule has 2 rings (SSSR count). The topological polar surface area (TPSA) is 35.5 Å². The molecule has 3 atom stereocenters. The number of nitrogens with zero attached hydrogens (tertiary/aromatic N) is 1. The zero-order chi connectivity index (χ0) is 13.7. The van der Waals surface area contributed by atoms with Crippen molar-refractivity contribution >= 4 is 0 Å². The van der Waals surface area contributed by atoms with Crippen LogP contribution >= 0.6 is 0 Å². The summed E-state index contributed by atoms with van der Waals surface area (Å²) >= 11 is 0. The van der Waals surface area contributed by atoms with Crippen molar-refractivity contribution in [3.63, 3.8) is 0 Å². The number of aliphatic hydroxyl groups is 1. The van der Waals surface area contributed by atoms with E-state index in [-0.39, 0.29) is 6.10 Å². The smallest absolute Gasteiger partial charge is 0.0667 e. The summed E-state index contributed by atoms with van der Waals surface area (Å²) in [6, 6.07) is 11.0. The highest BCUT2D eigenvalue weighted by atomic mass is 16.3. The average Bonchev–Trinajstić information content (AvgIpc) is 2.41. The number of nitrogens with one attached hydrogen (secondary N) is 1. The van der Waals surface area contributed by atoms with Crippen LogP contribution in [-0.4, -0.2) is 42.8 Å². The second-order valence-corrected chi connectivity index (χ2v) is 5.71. The number of rotatable bonds is 5. The zero-order valence-corrected chi connectivity index (χ0v) is 12.0. The molecule has 3 nitrogen and oxygen atoms in total. The van der Waals surface area contributed by atoms with Gasteiger partial charge in [0.2, 0.25) is 0 Å². The number of benzene rings is 1. The molecule has 0 saturated carbocycles. The Morgan fingerprint density at radius 1 is 1.37 bits per heavy atom. The Hall–Kier alpha value is -0.900. The van der Waals surface area contributed by atoms with E-state index < -0.39 is 0 Å². The molecule has 2 N–H and O–H groups in total. The summed E-state index contributed by atoms with van der Waals surface area (Å²) in [4.78, 5) is 2.39. The van der Waals surface area contributed by atoms with Crippen LogP contribution in [0.1, 0.15) is 31.4 Å². The van der Waals surface area contributed by atoms with Gasteiger partial charge in [0.15, 0.2) is 0 Å². The van der Waals surface area contributed by atoms with Gasteiger partial charge in [-0.15, -0.1) is 0 Å². The van der Waals surface area contributed by atoms with Gasteiger partial charge < -0.3 is 15.3 Å². The first-order valence-electron chi connectivity index (χ1n) is 7.33. The molecule has 3 unspecified atom stereocenters. The predicted octanol–water partition coefficient (Wildman–Crippen LogP) is 2.04. The van der Waals surface area contributed by atoms with Gasteiger partial charge in [0.25, 0.3) is 0 Å². The molecular formula is C16H26N2O. The normalized spacial score (nSPS) is 24.1. The highest BCUT2D eigenvalue weighted by Crippen LogP contribution is 2.23. The van der Waals surface area contributed by atoms with E-state index >= 15 is 0 Å². The Labute approximate surface area is 116 Å². The third kappa shape index (κ3) is 4.03. The molecule has 0 bridgehead atoms. The van der Waals surface area contributed by atoms with E-state index in [2.05, 4.69) is 47.5 Å². The van der Waals surface area contributed by atoms with Crippen molar-refractivity contribution < 1.29 is 5.11 Å². The first kappa shape index (κ1) is 14.5. The number of hydrogen-bond acceptors (Lipinski definition) is 3. The number of β-amino-alcohol motifs (C(OH)–C–C–N with tert-alkyl or cyclic N) is 1. The van der Waals surface area contributed by atoms with Crippen molar-refractivity contribution in [3.8, 4) is 0 Å². The van der Waals surface area contributed by atoms with Crippen LogP contribution in [0.5, 0.6) is 0 Å². The summed E-state index contributed by atoms with van der Waals surface area (Å²) < 4.78 is 0. The van der Waals surface area contributed by atoms with Crippen molar-refractivity contribution in [3.05, 3.63) is 35.9 Å². The van der Waals surface area contributed by atoms with Crippen LogP contribution in [0.15, 0.2) is 30.3 Å². The van der Waals surface area contributed by atoms with Crippen LogP contribution in [0, 0.1) is 5.92 Å². The molecule has 0 amide bonds. The SMILES string of the molecule is CNC(c1ccccc1)C(C)CN1CCCC(O)C1. The van der Waals surface area contributed by atoms with E-state index in [1.54, 1.807) is 0 Å². The van der Waals surface area contributed by atoms with E-state index in [1.807, 2.05) is 7.05 Å². The minimum absolute atomic E-state index is 0.134.